The van der Waals surface area contributed by atoms with Gasteiger partial charge in [-0.3, -0.25) is 4.79 Å². The van der Waals surface area contributed by atoms with Crippen LogP contribution in [0.25, 0.3) is 0 Å². The maximum absolute atomic E-state index is 13.5. The number of nitrogens with one attached hydrogen (secondary N) is 3. The molecule has 0 saturated carbocycles. The number of rotatable bonds is 7. The zero-order valence-corrected chi connectivity index (χ0v) is 16.8. The van der Waals surface area contributed by atoms with Gasteiger partial charge in [-0.15, -0.1) is 0 Å². The Kier molecular flexibility index (Phi) is 7.25. The summed E-state index contributed by atoms with van der Waals surface area (Å²) in [7, 11) is 1.61. The molecule has 0 aromatic heterocycles. The van der Waals surface area contributed by atoms with E-state index in [1.807, 2.05) is 24.3 Å². The van der Waals surface area contributed by atoms with Crippen LogP contribution in [0.4, 0.5) is 4.39 Å². The number of hydrogen-bond acceptors (Lipinski definition) is 2. The molecule has 2 aromatic carbocycles. The Morgan fingerprint density at radius 2 is 1.79 bits per heavy atom. The van der Waals surface area contributed by atoms with Gasteiger partial charge in [0.2, 0.25) is 0 Å². The van der Waals surface area contributed by atoms with Crippen LogP contribution >= 0.6 is 11.6 Å². The van der Waals surface area contributed by atoms with Crippen LogP contribution in [0.3, 0.4) is 0 Å². The van der Waals surface area contributed by atoms with Crippen LogP contribution in [0.2, 0.25) is 5.02 Å². The molecule has 1 fully saturated rings. The van der Waals surface area contributed by atoms with Gasteiger partial charge in [0.15, 0.2) is 6.54 Å². The number of methoxy groups -OCH3 is 1. The molecule has 3 rings (SSSR count). The maximum Gasteiger partial charge on any atom is 0.275 e. The number of benzene rings is 2. The summed E-state index contributed by atoms with van der Waals surface area (Å²) in [6, 6.07) is 12.1. The zero-order valence-electron chi connectivity index (χ0n) is 16.1. The van der Waals surface area contributed by atoms with Crippen molar-refractivity contribution in [3.8, 4) is 5.75 Å². The van der Waals surface area contributed by atoms with E-state index in [1.165, 1.54) is 15.9 Å². The second-order valence-electron chi connectivity index (χ2n) is 7.21. The van der Waals surface area contributed by atoms with E-state index >= 15 is 0 Å². The summed E-state index contributed by atoms with van der Waals surface area (Å²) in [4.78, 5) is 14.9. The SMILES string of the molecule is COc1ccc(F)cc1C[NH+]1CC[NH+](CC(=O)NCc2ccc(Cl)cc2)CC1. The lowest BCUT2D eigenvalue weighted by Gasteiger charge is -2.29. The number of quaternary nitrogens is 2. The van der Waals surface area contributed by atoms with Gasteiger partial charge in [0.05, 0.1) is 12.7 Å². The summed E-state index contributed by atoms with van der Waals surface area (Å²) in [6.07, 6.45) is 0. The Hall–Kier alpha value is -2.15. The molecule has 1 aliphatic rings. The Bertz CT molecular complexity index is 793. The fourth-order valence-corrected chi connectivity index (χ4v) is 3.68. The van der Waals surface area contributed by atoms with Crippen molar-refractivity contribution in [3.63, 3.8) is 0 Å². The van der Waals surface area contributed by atoms with E-state index in [-0.39, 0.29) is 11.7 Å². The third-order valence-corrected chi connectivity index (χ3v) is 5.41. The van der Waals surface area contributed by atoms with Crippen molar-refractivity contribution in [1.29, 1.82) is 0 Å². The number of hydrogen-bond donors (Lipinski definition) is 3. The van der Waals surface area contributed by atoms with Crippen LogP contribution in [0.1, 0.15) is 11.1 Å². The molecule has 1 aliphatic heterocycles. The molecular formula is C21H27ClFN3O2+2. The molecule has 3 N–H and O–H groups in total. The third kappa shape index (κ3) is 5.92. The van der Waals surface area contributed by atoms with Gasteiger partial charge in [-0.25, -0.2) is 4.39 Å². The predicted molar refractivity (Wildman–Crippen MR) is 106 cm³/mol. The number of amides is 1. The largest absolute Gasteiger partial charge is 0.496 e. The van der Waals surface area contributed by atoms with Crippen molar-refractivity contribution in [3.05, 3.63) is 64.4 Å². The molecule has 0 unspecified atom stereocenters. The Morgan fingerprint density at radius 1 is 1.11 bits per heavy atom. The highest BCUT2D eigenvalue weighted by atomic mass is 35.5. The number of halogens is 2. The second-order valence-corrected chi connectivity index (χ2v) is 7.65. The van der Waals surface area contributed by atoms with E-state index in [0.717, 1.165) is 49.6 Å². The number of ether oxygens (including phenoxy) is 1. The molecule has 2 aromatic rings. The van der Waals surface area contributed by atoms with Crippen LogP contribution in [0.15, 0.2) is 42.5 Å². The normalized spacial score (nSPS) is 19.2. The topological polar surface area (TPSA) is 47.2 Å². The van der Waals surface area contributed by atoms with Gasteiger partial charge in [0.1, 0.15) is 44.3 Å². The maximum atomic E-state index is 13.5. The Balaban J connectivity index is 1.42. The Labute approximate surface area is 170 Å². The van der Waals surface area contributed by atoms with E-state index in [0.29, 0.717) is 18.1 Å². The Morgan fingerprint density at radius 3 is 2.46 bits per heavy atom. The smallest absolute Gasteiger partial charge is 0.275 e. The van der Waals surface area contributed by atoms with Gasteiger partial charge in [-0.1, -0.05) is 23.7 Å². The van der Waals surface area contributed by atoms with E-state index < -0.39 is 0 Å². The van der Waals surface area contributed by atoms with Crippen LogP contribution < -0.4 is 19.9 Å². The number of carbonyl (C=O) groups excluding carboxylic acids is 1. The van der Waals surface area contributed by atoms with Gasteiger partial charge < -0.3 is 19.9 Å². The minimum atomic E-state index is -0.239. The zero-order chi connectivity index (χ0) is 19.9. The van der Waals surface area contributed by atoms with Crippen molar-refractivity contribution in [1.82, 2.24) is 5.32 Å². The van der Waals surface area contributed by atoms with Crippen molar-refractivity contribution in [2.24, 2.45) is 0 Å². The second kappa shape index (κ2) is 9.87. The van der Waals surface area contributed by atoms with E-state index in [9.17, 15) is 9.18 Å². The van der Waals surface area contributed by atoms with Crippen molar-refractivity contribution < 1.29 is 23.7 Å². The molecule has 0 spiro atoms. The van der Waals surface area contributed by atoms with E-state index in [2.05, 4.69) is 5.32 Å². The highest BCUT2D eigenvalue weighted by Gasteiger charge is 2.25. The van der Waals surface area contributed by atoms with Gasteiger partial charge >= 0.3 is 0 Å². The quantitative estimate of drug-likeness (QED) is 0.609. The van der Waals surface area contributed by atoms with E-state index in [1.54, 1.807) is 19.2 Å². The molecule has 0 bridgehead atoms. The van der Waals surface area contributed by atoms with Crippen LogP contribution in [-0.2, 0) is 17.9 Å². The molecule has 0 aliphatic carbocycles. The molecule has 0 atom stereocenters. The van der Waals surface area contributed by atoms with Gasteiger partial charge in [-0.05, 0) is 35.9 Å². The summed E-state index contributed by atoms with van der Waals surface area (Å²) in [5.41, 5.74) is 1.92. The summed E-state index contributed by atoms with van der Waals surface area (Å²) in [5, 5.41) is 3.66. The average molecular weight is 408 g/mol. The molecule has 0 radical (unpaired) electrons. The van der Waals surface area contributed by atoms with Gasteiger partial charge in [-0.2, -0.15) is 0 Å². The van der Waals surface area contributed by atoms with Crippen LogP contribution in [0, 0.1) is 5.82 Å². The van der Waals surface area contributed by atoms with E-state index in [4.69, 9.17) is 16.3 Å². The summed E-state index contributed by atoms with van der Waals surface area (Å²) < 4.78 is 18.9. The van der Waals surface area contributed by atoms with Crippen molar-refractivity contribution in [2.45, 2.75) is 13.1 Å². The van der Waals surface area contributed by atoms with Crippen molar-refractivity contribution in [2.75, 3.05) is 39.8 Å². The number of carbonyl (C=O) groups is 1. The monoisotopic (exact) mass is 407 g/mol. The standard InChI is InChI=1S/C21H25ClFN3O2/c1-28-20-7-6-19(23)12-17(20)14-25-8-10-26(11-9-25)15-21(27)24-13-16-2-4-18(22)5-3-16/h2-7,12H,8-11,13-15H2,1H3,(H,24,27)/p+2. The van der Waals surface area contributed by atoms with Crippen molar-refractivity contribution >= 4 is 17.5 Å². The molecular weight excluding hydrogens is 381 g/mol. The predicted octanol–water partition coefficient (Wildman–Crippen LogP) is 0.0875. The minimum Gasteiger partial charge on any atom is -0.496 e. The number of piperazine rings is 1. The first-order valence-electron chi connectivity index (χ1n) is 9.54. The molecule has 150 valence electrons. The lowest BCUT2D eigenvalue weighted by molar-refractivity contribution is -1.02. The lowest BCUT2D eigenvalue weighted by atomic mass is 10.1. The summed E-state index contributed by atoms with van der Waals surface area (Å²) in [5.74, 6) is 0.544. The first kappa shape index (κ1) is 20.6. The first-order valence-corrected chi connectivity index (χ1v) is 9.92. The molecule has 28 heavy (non-hydrogen) atoms. The molecule has 1 heterocycles. The van der Waals surface area contributed by atoms with Crippen LogP contribution in [-0.4, -0.2) is 45.7 Å². The third-order valence-electron chi connectivity index (χ3n) is 5.16. The highest BCUT2D eigenvalue weighted by Crippen LogP contribution is 2.18. The van der Waals surface area contributed by atoms with Gasteiger partial charge in [0, 0.05) is 11.6 Å². The molecule has 7 heteroatoms. The summed E-state index contributed by atoms with van der Waals surface area (Å²) in [6.45, 7) is 5.45. The fourth-order valence-electron chi connectivity index (χ4n) is 3.56. The minimum absolute atomic E-state index is 0.0557. The average Bonchev–Trinajstić information content (AvgIpc) is 2.69. The first-order chi connectivity index (χ1) is 13.5. The van der Waals surface area contributed by atoms with Crippen LogP contribution in [0.5, 0.6) is 5.75 Å². The fraction of sp³-hybridized carbons (Fsp3) is 0.381. The summed E-state index contributed by atoms with van der Waals surface area (Å²) >= 11 is 5.87. The molecule has 1 amide bonds. The molecule has 1 saturated heterocycles. The lowest BCUT2D eigenvalue weighted by Crippen LogP contribution is -3.28. The highest BCUT2D eigenvalue weighted by molar-refractivity contribution is 6.30. The molecule has 5 nitrogen and oxygen atoms in total. The van der Waals surface area contributed by atoms with Gasteiger partial charge in [0.25, 0.3) is 5.91 Å².